The monoisotopic (exact) mass is 283 g/mol. The number of amides is 1. The van der Waals surface area contributed by atoms with Crippen LogP contribution in [0.5, 0.6) is 0 Å². The van der Waals surface area contributed by atoms with E-state index in [9.17, 15) is 4.79 Å². The summed E-state index contributed by atoms with van der Waals surface area (Å²) in [6, 6.07) is 0.792. The van der Waals surface area contributed by atoms with Crippen molar-refractivity contribution in [1.29, 1.82) is 0 Å². The fourth-order valence-corrected chi connectivity index (χ4v) is 2.67. The van der Waals surface area contributed by atoms with Crippen LogP contribution in [0.4, 0.5) is 0 Å². The Bertz CT molecular complexity index is 302. The van der Waals surface area contributed by atoms with Crippen LogP contribution in [0.3, 0.4) is 0 Å². The van der Waals surface area contributed by atoms with Crippen molar-refractivity contribution in [2.75, 3.05) is 19.6 Å². The van der Waals surface area contributed by atoms with Crippen molar-refractivity contribution < 1.29 is 4.79 Å². The highest BCUT2D eigenvalue weighted by molar-refractivity contribution is 5.84. The molecular weight excluding hydrogens is 250 g/mol. The Morgan fingerprint density at radius 2 is 2.10 bits per heavy atom. The van der Waals surface area contributed by atoms with Crippen LogP contribution >= 0.6 is 0 Å². The molecule has 1 aliphatic rings. The van der Waals surface area contributed by atoms with Gasteiger partial charge in [-0.15, -0.1) is 0 Å². The average Bonchev–Trinajstić information content (AvgIpc) is 3.18. The molecule has 1 unspecified atom stereocenters. The molecule has 118 valence electrons. The second-order valence-electron chi connectivity index (χ2n) is 6.85. The number of primary amides is 1. The van der Waals surface area contributed by atoms with E-state index in [-0.39, 0.29) is 5.91 Å². The molecule has 1 aliphatic carbocycles. The largest absolute Gasteiger partial charge is 0.368 e. The van der Waals surface area contributed by atoms with Crippen LogP contribution in [0.15, 0.2) is 0 Å². The van der Waals surface area contributed by atoms with E-state index < -0.39 is 5.54 Å². The Labute approximate surface area is 124 Å². The van der Waals surface area contributed by atoms with E-state index in [1.807, 2.05) is 6.92 Å². The molecule has 0 spiro atoms. The molecule has 1 atom stereocenters. The van der Waals surface area contributed by atoms with Gasteiger partial charge < -0.3 is 16.0 Å². The molecule has 0 aliphatic heterocycles. The van der Waals surface area contributed by atoms with Crippen LogP contribution in [0.2, 0.25) is 0 Å². The second kappa shape index (κ2) is 7.99. The third-order valence-corrected chi connectivity index (χ3v) is 4.09. The van der Waals surface area contributed by atoms with Crippen molar-refractivity contribution in [3.05, 3.63) is 0 Å². The smallest absolute Gasteiger partial charge is 0.237 e. The maximum atomic E-state index is 11.7. The molecule has 4 heteroatoms. The van der Waals surface area contributed by atoms with Crippen molar-refractivity contribution in [3.8, 4) is 0 Å². The molecule has 1 rings (SSSR count). The molecule has 1 amide bonds. The maximum absolute atomic E-state index is 11.7. The standard InChI is InChI=1S/C16H33N3O/c1-5-10-18-16(4,15(17)20)9-6-11-19(12-13(2)3)14-7-8-14/h13-14,18H,5-12H2,1-4H3,(H2,17,20). The minimum Gasteiger partial charge on any atom is -0.368 e. The number of nitrogens with one attached hydrogen (secondary N) is 1. The van der Waals surface area contributed by atoms with Gasteiger partial charge in [0.1, 0.15) is 0 Å². The number of carbonyl (C=O) groups excluding carboxylic acids is 1. The number of rotatable bonds is 11. The van der Waals surface area contributed by atoms with Crippen LogP contribution in [-0.2, 0) is 4.79 Å². The maximum Gasteiger partial charge on any atom is 0.237 e. The van der Waals surface area contributed by atoms with E-state index in [2.05, 4.69) is 31.0 Å². The lowest BCUT2D eigenvalue weighted by Crippen LogP contribution is -2.53. The van der Waals surface area contributed by atoms with Gasteiger partial charge in [0.25, 0.3) is 0 Å². The zero-order valence-corrected chi connectivity index (χ0v) is 13.7. The SMILES string of the molecule is CCCNC(C)(CCCN(CC(C)C)C1CC1)C(N)=O. The summed E-state index contributed by atoms with van der Waals surface area (Å²) in [5.41, 5.74) is 5.01. The number of nitrogens with zero attached hydrogens (tertiary/aromatic N) is 1. The summed E-state index contributed by atoms with van der Waals surface area (Å²) in [7, 11) is 0. The van der Waals surface area contributed by atoms with Crippen LogP contribution in [0.1, 0.15) is 59.8 Å². The normalized spacial score (nSPS) is 18.5. The minimum absolute atomic E-state index is 0.229. The lowest BCUT2D eigenvalue weighted by Gasteiger charge is -2.30. The van der Waals surface area contributed by atoms with E-state index >= 15 is 0 Å². The molecule has 0 radical (unpaired) electrons. The predicted molar refractivity (Wildman–Crippen MR) is 84.6 cm³/mol. The highest BCUT2D eigenvalue weighted by atomic mass is 16.1. The number of carbonyl (C=O) groups is 1. The number of nitrogens with two attached hydrogens (primary N) is 1. The van der Waals surface area contributed by atoms with Gasteiger partial charge in [0.05, 0.1) is 5.54 Å². The topological polar surface area (TPSA) is 58.4 Å². The molecule has 0 aromatic heterocycles. The van der Waals surface area contributed by atoms with Crippen molar-refractivity contribution in [2.45, 2.75) is 71.4 Å². The van der Waals surface area contributed by atoms with E-state index in [1.54, 1.807) is 0 Å². The third kappa shape index (κ3) is 5.80. The van der Waals surface area contributed by atoms with Gasteiger partial charge in [0.2, 0.25) is 5.91 Å². The lowest BCUT2D eigenvalue weighted by atomic mass is 9.94. The van der Waals surface area contributed by atoms with Crippen LogP contribution in [-0.4, -0.2) is 42.0 Å². The van der Waals surface area contributed by atoms with Gasteiger partial charge in [-0.2, -0.15) is 0 Å². The minimum atomic E-state index is -0.553. The second-order valence-corrected chi connectivity index (χ2v) is 6.85. The van der Waals surface area contributed by atoms with Crippen molar-refractivity contribution in [2.24, 2.45) is 11.7 Å². The van der Waals surface area contributed by atoms with Crippen LogP contribution in [0.25, 0.3) is 0 Å². The first-order valence-electron chi connectivity index (χ1n) is 8.18. The highest BCUT2D eigenvalue weighted by Crippen LogP contribution is 2.28. The molecule has 1 saturated carbocycles. The molecule has 4 nitrogen and oxygen atoms in total. The molecule has 0 saturated heterocycles. The predicted octanol–water partition coefficient (Wildman–Crippen LogP) is 2.13. The molecule has 20 heavy (non-hydrogen) atoms. The van der Waals surface area contributed by atoms with Gasteiger partial charge in [0, 0.05) is 12.6 Å². The molecular formula is C16H33N3O. The van der Waals surface area contributed by atoms with Gasteiger partial charge in [0.15, 0.2) is 0 Å². The molecule has 3 N–H and O–H groups in total. The van der Waals surface area contributed by atoms with Gasteiger partial charge in [-0.05, 0) is 58.0 Å². The fraction of sp³-hybridized carbons (Fsp3) is 0.938. The summed E-state index contributed by atoms with van der Waals surface area (Å²) in [5.74, 6) is 0.476. The number of hydrogen-bond donors (Lipinski definition) is 2. The molecule has 0 aromatic carbocycles. The van der Waals surface area contributed by atoms with E-state index in [0.29, 0.717) is 5.92 Å². The fourth-order valence-electron chi connectivity index (χ4n) is 2.67. The van der Waals surface area contributed by atoms with Gasteiger partial charge >= 0.3 is 0 Å². The third-order valence-electron chi connectivity index (χ3n) is 4.09. The summed E-state index contributed by atoms with van der Waals surface area (Å²) in [6.07, 6.45) is 5.55. The van der Waals surface area contributed by atoms with E-state index in [0.717, 1.165) is 38.4 Å². The van der Waals surface area contributed by atoms with Crippen LogP contribution < -0.4 is 11.1 Å². The Balaban J connectivity index is 2.40. The zero-order chi connectivity index (χ0) is 15.2. The Hall–Kier alpha value is -0.610. The van der Waals surface area contributed by atoms with Gasteiger partial charge in [-0.1, -0.05) is 20.8 Å². The molecule has 0 aromatic rings. The Kier molecular flexibility index (Phi) is 6.96. The van der Waals surface area contributed by atoms with Crippen molar-refractivity contribution >= 4 is 5.91 Å². The quantitative estimate of drug-likeness (QED) is 0.611. The summed E-state index contributed by atoms with van der Waals surface area (Å²) >= 11 is 0. The van der Waals surface area contributed by atoms with E-state index in [1.165, 1.54) is 19.4 Å². The Morgan fingerprint density at radius 1 is 1.45 bits per heavy atom. The number of hydrogen-bond acceptors (Lipinski definition) is 3. The molecule has 1 fully saturated rings. The van der Waals surface area contributed by atoms with Gasteiger partial charge in [-0.25, -0.2) is 0 Å². The molecule has 0 heterocycles. The first kappa shape index (κ1) is 17.4. The first-order valence-corrected chi connectivity index (χ1v) is 8.18. The van der Waals surface area contributed by atoms with Crippen molar-refractivity contribution in [3.63, 3.8) is 0 Å². The zero-order valence-electron chi connectivity index (χ0n) is 13.7. The van der Waals surface area contributed by atoms with Crippen LogP contribution in [0, 0.1) is 5.92 Å². The van der Waals surface area contributed by atoms with Gasteiger partial charge in [-0.3, -0.25) is 4.79 Å². The first-order chi connectivity index (χ1) is 9.39. The Morgan fingerprint density at radius 3 is 2.55 bits per heavy atom. The highest BCUT2D eigenvalue weighted by Gasteiger charge is 2.32. The lowest BCUT2D eigenvalue weighted by molar-refractivity contribution is -0.124. The summed E-state index contributed by atoms with van der Waals surface area (Å²) in [4.78, 5) is 14.3. The summed E-state index contributed by atoms with van der Waals surface area (Å²) < 4.78 is 0. The van der Waals surface area contributed by atoms with E-state index in [4.69, 9.17) is 5.73 Å². The van der Waals surface area contributed by atoms with Crippen molar-refractivity contribution in [1.82, 2.24) is 10.2 Å². The molecule has 0 bridgehead atoms. The average molecular weight is 283 g/mol. The summed E-state index contributed by atoms with van der Waals surface area (Å²) in [6.45, 7) is 11.7. The summed E-state index contributed by atoms with van der Waals surface area (Å²) in [5, 5.41) is 3.31.